The number of methoxy groups -OCH3 is 2. The molecule has 29 heavy (non-hydrogen) atoms. The van der Waals surface area contributed by atoms with E-state index in [9.17, 15) is 4.79 Å². The van der Waals surface area contributed by atoms with Crippen molar-refractivity contribution in [2.45, 2.75) is 25.3 Å². The van der Waals surface area contributed by atoms with Crippen LogP contribution in [0.25, 0.3) is 11.4 Å². The smallest absolute Gasteiger partial charge is 0.254 e. The highest BCUT2D eigenvalue weighted by molar-refractivity contribution is 5.95. The topological polar surface area (TPSA) is 93.2 Å². The van der Waals surface area contributed by atoms with E-state index in [0.717, 1.165) is 24.8 Å². The third kappa shape index (κ3) is 3.78. The number of H-pyrrole nitrogens is 1. The number of likely N-dealkylation sites (tertiary alicyclic amines) is 1. The monoisotopic (exact) mass is 393 g/mol. The maximum Gasteiger partial charge on any atom is 0.254 e. The molecule has 0 radical (unpaired) electrons. The number of carbonyl (C=O) groups excluding carboxylic acids is 1. The van der Waals surface area contributed by atoms with Crippen LogP contribution in [0.4, 0.5) is 0 Å². The molecule has 1 N–H and O–H groups in total. The average molecular weight is 393 g/mol. The summed E-state index contributed by atoms with van der Waals surface area (Å²) in [6.07, 6.45) is 6.26. The first-order chi connectivity index (χ1) is 14.2. The summed E-state index contributed by atoms with van der Waals surface area (Å²) in [7, 11) is 3.13. The third-order valence-electron chi connectivity index (χ3n) is 5.13. The van der Waals surface area contributed by atoms with Crippen molar-refractivity contribution >= 4 is 5.91 Å². The number of nitrogens with zero attached hydrogens (tertiary/aromatic N) is 4. The SMILES string of the molecule is COc1ccc(C(=O)N2CCCCC2c2nc(-c3cccnc3)n[nH]2)cc1OC. The molecule has 1 atom stereocenters. The number of carbonyl (C=O) groups is 1. The Kier molecular flexibility index (Phi) is 5.41. The van der Waals surface area contributed by atoms with Gasteiger partial charge in [-0.25, -0.2) is 4.98 Å². The molecule has 8 heteroatoms. The standard InChI is InChI=1S/C21H23N5O3/c1-28-17-9-8-14(12-18(17)29-2)21(27)26-11-4-3-7-16(26)20-23-19(24-25-20)15-6-5-10-22-13-15/h5-6,8-10,12-13,16H,3-4,7,11H2,1-2H3,(H,23,24,25). The van der Waals surface area contributed by atoms with Gasteiger partial charge in [0, 0.05) is 30.1 Å². The second-order valence-corrected chi connectivity index (χ2v) is 6.87. The Morgan fingerprint density at radius 3 is 2.79 bits per heavy atom. The summed E-state index contributed by atoms with van der Waals surface area (Å²) >= 11 is 0. The van der Waals surface area contributed by atoms with Crippen LogP contribution in [0.5, 0.6) is 11.5 Å². The molecule has 2 aromatic heterocycles. The number of benzene rings is 1. The molecule has 1 aromatic carbocycles. The summed E-state index contributed by atoms with van der Waals surface area (Å²) in [5, 5.41) is 7.35. The Hall–Kier alpha value is -3.42. The van der Waals surface area contributed by atoms with Crippen LogP contribution < -0.4 is 9.47 Å². The molecular formula is C21H23N5O3. The molecule has 1 fully saturated rings. The highest BCUT2D eigenvalue weighted by Crippen LogP contribution is 2.33. The van der Waals surface area contributed by atoms with Gasteiger partial charge in [-0.1, -0.05) is 0 Å². The Balaban J connectivity index is 1.61. The van der Waals surface area contributed by atoms with Crippen molar-refractivity contribution in [1.82, 2.24) is 25.1 Å². The van der Waals surface area contributed by atoms with Gasteiger partial charge in [0.05, 0.1) is 20.3 Å². The quantitative estimate of drug-likeness (QED) is 0.715. The van der Waals surface area contributed by atoms with Crippen LogP contribution in [0.2, 0.25) is 0 Å². The first kappa shape index (κ1) is 18.9. The summed E-state index contributed by atoms with van der Waals surface area (Å²) < 4.78 is 10.6. The second-order valence-electron chi connectivity index (χ2n) is 6.87. The van der Waals surface area contributed by atoms with Crippen molar-refractivity contribution in [1.29, 1.82) is 0 Å². The Morgan fingerprint density at radius 1 is 1.17 bits per heavy atom. The van der Waals surface area contributed by atoms with Gasteiger partial charge in [0.2, 0.25) is 0 Å². The predicted molar refractivity (Wildman–Crippen MR) is 107 cm³/mol. The Morgan fingerprint density at radius 2 is 2.03 bits per heavy atom. The van der Waals surface area contributed by atoms with E-state index in [4.69, 9.17) is 9.47 Å². The highest BCUT2D eigenvalue weighted by Gasteiger charge is 2.31. The first-order valence-corrected chi connectivity index (χ1v) is 9.57. The van der Waals surface area contributed by atoms with Gasteiger partial charge in [-0.15, -0.1) is 0 Å². The van der Waals surface area contributed by atoms with Crippen molar-refractivity contribution in [3.8, 4) is 22.9 Å². The van der Waals surface area contributed by atoms with E-state index in [0.29, 0.717) is 35.3 Å². The van der Waals surface area contributed by atoms with Gasteiger partial charge < -0.3 is 14.4 Å². The molecule has 1 aliphatic heterocycles. The number of aromatic amines is 1. The van der Waals surface area contributed by atoms with Gasteiger partial charge in [0.25, 0.3) is 5.91 Å². The summed E-state index contributed by atoms with van der Waals surface area (Å²) in [6.45, 7) is 0.667. The van der Waals surface area contributed by atoms with Gasteiger partial charge in [-0.3, -0.25) is 14.9 Å². The normalized spacial score (nSPS) is 16.5. The number of pyridine rings is 1. The van der Waals surface area contributed by atoms with Crippen molar-refractivity contribution in [3.63, 3.8) is 0 Å². The van der Waals surface area contributed by atoms with E-state index in [1.807, 2.05) is 17.0 Å². The first-order valence-electron chi connectivity index (χ1n) is 9.57. The highest BCUT2D eigenvalue weighted by atomic mass is 16.5. The molecule has 1 unspecified atom stereocenters. The Bertz CT molecular complexity index is 989. The van der Waals surface area contributed by atoms with Crippen LogP contribution in [-0.4, -0.2) is 51.7 Å². The van der Waals surface area contributed by atoms with Crippen molar-refractivity contribution < 1.29 is 14.3 Å². The van der Waals surface area contributed by atoms with E-state index >= 15 is 0 Å². The number of rotatable bonds is 5. The lowest BCUT2D eigenvalue weighted by Crippen LogP contribution is -2.39. The molecule has 1 aliphatic rings. The number of ether oxygens (including phenoxy) is 2. The number of amides is 1. The number of hydrogen-bond acceptors (Lipinski definition) is 6. The van der Waals surface area contributed by atoms with Crippen LogP contribution in [0, 0.1) is 0 Å². The summed E-state index contributed by atoms with van der Waals surface area (Å²) in [6, 6.07) is 8.83. The molecule has 3 aromatic rings. The fourth-order valence-electron chi connectivity index (χ4n) is 3.64. The summed E-state index contributed by atoms with van der Waals surface area (Å²) in [5.41, 5.74) is 1.39. The molecule has 0 spiro atoms. The lowest BCUT2D eigenvalue weighted by molar-refractivity contribution is 0.0600. The zero-order chi connectivity index (χ0) is 20.2. The number of nitrogens with one attached hydrogen (secondary N) is 1. The third-order valence-corrected chi connectivity index (χ3v) is 5.13. The maximum absolute atomic E-state index is 13.3. The molecule has 3 heterocycles. The lowest BCUT2D eigenvalue weighted by Gasteiger charge is -2.34. The molecule has 150 valence electrons. The number of hydrogen-bond donors (Lipinski definition) is 1. The minimum Gasteiger partial charge on any atom is -0.493 e. The van der Waals surface area contributed by atoms with E-state index in [-0.39, 0.29) is 11.9 Å². The minimum atomic E-state index is -0.151. The van der Waals surface area contributed by atoms with Crippen LogP contribution in [0.3, 0.4) is 0 Å². The molecule has 1 saturated heterocycles. The van der Waals surface area contributed by atoms with Crippen LogP contribution in [0.1, 0.15) is 41.5 Å². The van der Waals surface area contributed by atoms with Crippen molar-refractivity contribution in [3.05, 3.63) is 54.1 Å². The molecular weight excluding hydrogens is 370 g/mol. The lowest BCUT2D eigenvalue weighted by atomic mass is 10.00. The van der Waals surface area contributed by atoms with Crippen molar-refractivity contribution in [2.24, 2.45) is 0 Å². The van der Waals surface area contributed by atoms with E-state index in [1.54, 1.807) is 44.8 Å². The number of aromatic nitrogens is 4. The van der Waals surface area contributed by atoms with Crippen LogP contribution >= 0.6 is 0 Å². The molecule has 4 rings (SSSR count). The van der Waals surface area contributed by atoms with E-state index in [1.165, 1.54) is 0 Å². The predicted octanol–water partition coefficient (Wildman–Crippen LogP) is 3.25. The Labute approximate surface area is 168 Å². The van der Waals surface area contributed by atoms with Gasteiger partial charge in [0.15, 0.2) is 17.3 Å². The second kappa shape index (κ2) is 8.30. The van der Waals surface area contributed by atoms with Crippen molar-refractivity contribution in [2.75, 3.05) is 20.8 Å². The fraction of sp³-hybridized carbons (Fsp3) is 0.333. The summed E-state index contributed by atoms with van der Waals surface area (Å²) in [5.74, 6) is 2.34. The van der Waals surface area contributed by atoms with E-state index in [2.05, 4.69) is 20.2 Å². The molecule has 8 nitrogen and oxygen atoms in total. The van der Waals surface area contributed by atoms with Gasteiger partial charge in [0.1, 0.15) is 5.82 Å². The minimum absolute atomic E-state index is 0.0602. The molecule has 0 saturated carbocycles. The van der Waals surface area contributed by atoms with Crippen LogP contribution in [-0.2, 0) is 0 Å². The molecule has 1 amide bonds. The average Bonchev–Trinajstić information content (AvgIpc) is 3.29. The van der Waals surface area contributed by atoms with Gasteiger partial charge in [-0.2, -0.15) is 5.10 Å². The van der Waals surface area contributed by atoms with Gasteiger partial charge >= 0.3 is 0 Å². The molecule has 0 aliphatic carbocycles. The fourth-order valence-corrected chi connectivity index (χ4v) is 3.64. The van der Waals surface area contributed by atoms with E-state index < -0.39 is 0 Å². The van der Waals surface area contributed by atoms with Gasteiger partial charge in [-0.05, 0) is 49.6 Å². The summed E-state index contributed by atoms with van der Waals surface area (Å²) in [4.78, 5) is 23.9. The number of piperidine rings is 1. The molecule has 0 bridgehead atoms. The zero-order valence-corrected chi connectivity index (χ0v) is 16.5. The van der Waals surface area contributed by atoms with Crippen LogP contribution in [0.15, 0.2) is 42.7 Å². The zero-order valence-electron chi connectivity index (χ0n) is 16.5. The maximum atomic E-state index is 13.3. The largest absolute Gasteiger partial charge is 0.493 e.